The molecular formula is C24H36N4O6. The minimum absolute atomic E-state index is 0.0389. The number of esters is 1. The predicted octanol–water partition coefficient (Wildman–Crippen LogP) is 2.98. The van der Waals surface area contributed by atoms with Gasteiger partial charge in [-0.3, -0.25) is 4.79 Å². The summed E-state index contributed by atoms with van der Waals surface area (Å²) >= 11 is 0. The molecule has 10 nitrogen and oxygen atoms in total. The minimum Gasteiger partial charge on any atom is -0.461 e. The summed E-state index contributed by atoms with van der Waals surface area (Å²) in [4.78, 5) is 43.0. The molecule has 0 bridgehead atoms. The number of nitrogens with one attached hydrogen (secondary N) is 2. The second-order valence-corrected chi connectivity index (χ2v) is 8.89. The largest absolute Gasteiger partial charge is 0.461 e. The highest BCUT2D eigenvalue weighted by Gasteiger charge is 2.32. The first-order valence-electron chi connectivity index (χ1n) is 11.6. The summed E-state index contributed by atoms with van der Waals surface area (Å²) in [6.45, 7) is 9.92. The van der Waals surface area contributed by atoms with Crippen molar-refractivity contribution in [2.24, 2.45) is 16.9 Å². The fourth-order valence-corrected chi connectivity index (χ4v) is 3.30. The van der Waals surface area contributed by atoms with E-state index in [-0.39, 0.29) is 43.3 Å². The van der Waals surface area contributed by atoms with Gasteiger partial charge in [0.1, 0.15) is 25.4 Å². The summed E-state index contributed by atoms with van der Waals surface area (Å²) in [5, 5.41) is 11.0. The molecule has 34 heavy (non-hydrogen) atoms. The fraction of sp³-hybridized carbons (Fsp3) is 0.583. The molecule has 0 fully saturated rings. The van der Waals surface area contributed by atoms with Gasteiger partial charge >= 0.3 is 12.1 Å². The first-order chi connectivity index (χ1) is 16.2. The Morgan fingerprint density at radius 1 is 1.03 bits per heavy atom. The number of nitrogens with zero attached hydrogens (tertiary/aromatic N) is 2. The summed E-state index contributed by atoms with van der Waals surface area (Å²) in [6, 6.07) is 8.48. The smallest absolute Gasteiger partial charge is 0.408 e. The van der Waals surface area contributed by atoms with Crippen LogP contribution in [0.4, 0.5) is 4.79 Å². The van der Waals surface area contributed by atoms with Crippen molar-refractivity contribution in [3.8, 4) is 0 Å². The van der Waals surface area contributed by atoms with Gasteiger partial charge in [-0.05, 0) is 37.2 Å². The number of hydrazone groups is 1. The zero-order valence-electron chi connectivity index (χ0n) is 20.6. The van der Waals surface area contributed by atoms with Crippen molar-refractivity contribution in [3.05, 3.63) is 35.9 Å². The number of alkyl carbamates (subject to hydrolysis) is 1. The average Bonchev–Trinajstić information content (AvgIpc) is 3.27. The van der Waals surface area contributed by atoms with Crippen LogP contribution in [0, 0.1) is 11.8 Å². The summed E-state index contributed by atoms with van der Waals surface area (Å²) in [5.41, 5.74) is 0.979. The van der Waals surface area contributed by atoms with Crippen molar-refractivity contribution < 1.29 is 28.7 Å². The quantitative estimate of drug-likeness (QED) is 0.445. The summed E-state index contributed by atoms with van der Waals surface area (Å²) < 4.78 is 10.3. The van der Waals surface area contributed by atoms with Crippen LogP contribution in [0.2, 0.25) is 0 Å². The second-order valence-electron chi connectivity index (χ2n) is 8.89. The lowest BCUT2D eigenvalue weighted by molar-refractivity contribution is -0.172. The van der Waals surface area contributed by atoms with E-state index in [9.17, 15) is 14.4 Å². The molecule has 0 radical (unpaired) electrons. The molecule has 0 unspecified atom stereocenters. The van der Waals surface area contributed by atoms with Gasteiger partial charge in [0.25, 0.3) is 0 Å². The van der Waals surface area contributed by atoms with Crippen molar-refractivity contribution in [2.45, 2.75) is 66.3 Å². The van der Waals surface area contributed by atoms with E-state index in [0.717, 1.165) is 5.56 Å². The Bertz CT molecular complexity index is 843. The third-order valence-corrected chi connectivity index (χ3v) is 4.86. The van der Waals surface area contributed by atoms with Crippen LogP contribution in [-0.4, -0.2) is 54.3 Å². The predicted molar refractivity (Wildman–Crippen MR) is 126 cm³/mol. The normalized spacial score (nSPS) is 15.0. The molecule has 10 heteroatoms. The van der Waals surface area contributed by atoms with Gasteiger partial charge in [-0.1, -0.05) is 58.0 Å². The van der Waals surface area contributed by atoms with Crippen LogP contribution in [0.15, 0.2) is 35.4 Å². The second kappa shape index (κ2) is 13.5. The molecule has 1 aromatic rings. The van der Waals surface area contributed by atoms with Gasteiger partial charge in [-0.25, -0.2) is 14.4 Å². The molecule has 1 aliphatic heterocycles. The van der Waals surface area contributed by atoms with Crippen molar-refractivity contribution >= 4 is 23.7 Å². The average molecular weight is 477 g/mol. The van der Waals surface area contributed by atoms with Crippen LogP contribution < -0.4 is 10.6 Å². The van der Waals surface area contributed by atoms with Gasteiger partial charge in [0.2, 0.25) is 5.91 Å². The zero-order valence-corrected chi connectivity index (χ0v) is 20.6. The molecule has 0 spiro atoms. The van der Waals surface area contributed by atoms with Crippen LogP contribution in [0.3, 0.4) is 0 Å². The molecule has 2 amide bonds. The van der Waals surface area contributed by atoms with Crippen molar-refractivity contribution in [2.75, 3.05) is 13.2 Å². The Balaban J connectivity index is 2.04. The van der Waals surface area contributed by atoms with E-state index in [1.54, 1.807) is 6.92 Å². The maximum Gasteiger partial charge on any atom is 0.408 e. The van der Waals surface area contributed by atoms with E-state index in [0.29, 0.717) is 12.8 Å². The number of carbonyl (C=O) groups excluding carboxylic acids is 3. The number of hydrogen-bond acceptors (Lipinski definition) is 8. The first-order valence-corrected chi connectivity index (χ1v) is 11.6. The standard InChI is InChI=1S/C24H36N4O6/c1-6-32-23(30)20-15-34-28(27-20)21(13-17(4)5)26-22(29)19(12-16(2)3)25-24(31)33-14-18-10-8-7-9-11-18/h7-11,16-17,19,21H,6,12-15H2,1-5H3,(H,25,31)(H,26,29)/t19-,21-/m0/s1. The van der Waals surface area contributed by atoms with Crippen LogP contribution >= 0.6 is 0 Å². The van der Waals surface area contributed by atoms with E-state index >= 15 is 0 Å². The zero-order chi connectivity index (χ0) is 25.1. The van der Waals surface area contributed by atoms with Crippen molar-refractivity contribution in [1.82, 2.24) is 15.8 Å². The number of benzene rings is 1. The van der Waals surface area contributed by atoms with Gasteiger partial charge in [0, 0.05) is 0 Å². The molecule has 2 N–H and O–H groups in total. The highest BCUT2D eigenvalue weighted by molar-refractivity contribution is 6.37. The molecule has 0 saturated carbocycles. The minimum atomic E-state index is -0.811. The number of amides is 2. The highest BCUT2D eigenvalue weighted by Crippen LogP contribution is 2.16. The fourth-order valence-electron chi connectivity index (χ4n) is 3.30. The Morgan fingerprint density at radius 3 is 2.32 bits per heavy atom. The molecule has 2 rings (SSSR count). The molecule has 1 aliphatic rings. The van der Waals surface area contributed by atoms with Crippen LogP contribution in [-0.2, 0) is 30.5 Å². The number of hydroxylamine groups is 1. The first kappa shape index (κ1) is 27.1. The van der Waals surface area contributed by atoms with Crippen LogP contribution in [0.25, 0.3) is 0 Å². The monoisotopic (exact) mass is 476 g/mol. The summed E-state index contributed by atoms with van der Waals surface area (Å²) in [5.74, 6) is -0.604. The number of ether oxygens (including phenoxy) is 2. The molecule has 2 atom stereocenters. The molecular weight excluding hydrogens is 440 g/mol. The number of hydrogen-bond donors (Lipinski definition) is 2. The van der Waals surface area contributed by atoms with E-state index in [1.807, 2.05) is 58.0 Å². The van der Waals surface area contributed by atoms with Crippen molar-refractivity contribution in [1.29, 1.82) is 0 Å². The summed E-state index contributed by atoms with van der Waals surface area (Å²) in [7, 11) is 0. The van der Waals surface area contributed by atoms with Gasteiger partial charge < -0.3 is 20.1 Å². The lowest BCUT2D eigenvalue weighted by Crippen LogP contribution is -2.53. The molecule has 0 saturated heterocycles. The third-order valence-electron chi connectivity index (χ3n) is 4.86. The van der Waals surface area contributed by atoms with E-state index < -0.39 is 24.3 Å². The number of rotatable bonds is 12. The molecule has 188 valence electrons. The van der Waals surface area contributed by atoms with Gasteiger partial charge in [-0.15, -0.1) is 10.3 Å². The lowest BCUT2D eigenvalue weighted by atomic mass is 10.0. The lowest BCUT2D eigenvalue weighted by Gasteiger charge is -2.29. The van der Waals surface area contributed by atoms with Crippen LogP contribution in [0.5, 0.6) is 0 Å². The molecule has 0 aliphatic carbocycles. The molecule has 1 aromatic carbocycles. The maximum atomic E-state index is 13.2. The third kappa shape index (κ3) is 9.01. The van der Waals surface area contributed by atoms with Crippen LogP contribution in [0.1, 0.15) is 53.0 Å². The Labute approximate surface area is 200 Å². The topological polar surface area (TPSA) is 119 Å². The summed E-state index contributed by atoms with van der Waals surface area (Å²) in [6.07, 6.45) is -0.377. The number of carbonyl (C=O) groups is 3. The SMILES string of the molecule is CCOC(=O)C1=NN([C@@H](CC(C)C)NC(=O)[C@H](CC(C)C)NC(=O)OCc2ccccc2)OC1. The van der Waals surface area contributed by atoms with Gasteiger partial charge in [0.05, 0.1) is 6.61 Å². The van der Waals surface area contributed by atoms with E-state index in [2.05, 4.69) is 15.7 Å². The highest BCUT2D eigenvalue weighted by atomic mass is 16.7. The Morgan fingerprint density at radius 2 is 1.71 bits per heavy atom. The van der Waals surface area contributed by atoms with E-state index in [1.165, 1.54) is 5.17 Å². The van der Waals surface area contributed by atoms with E-state index in [4.69, 9.17) is 14.3 Å². The van der Waals surface area contributed by atoms with Gasteiger partial charge in [0.15, 0.2) is 5.71 Å². The molecule has 0 aromatic heterocycles. The van der Waals surface area contributed by atoms with Crippen molar-refractivity contribution in [3.63, 3.8) is 0 Å². The maximum absolute atomic E-state index is 13.2. The Hall–Kier alpha value is -3.14. The molecule has 1 heterocycles. The Kier molecular flexibility index (Phi) is 10.8. The van der Waals surface area contributed by atoms with Gasteiger partial charge in [-0.2, -0.15) is 0 Å².